The summed E-state index contributed by atoms with van der Waals surface area (Å²) >= 11 is 1.35. The smallest absolute Gasteiger partial charge is 0.257 e. The van der Waals surface area contributed by atoms with Crippen molar-refractivity contribution in [3.05, 3.63) is 89.8 Å². The quantitative estimate of drug-likeness (QED) is 0.326. The normalized spacial score (nSPS) is 14.8. The van der Waals surface area contributed by atoms with E-state index in [9.17, 15) is 13.2 Å². The highest BCUT2D eigenvalue weighted by atomic mass is 32.2. The Morgan fingerprint density at radius 2 is 1.39 bits per heavy atom. The third kappa shape index (κ3) is 5.41. The maximum atomic E-state index is 13.0. The Kier molecular flexibility index (Phi) is 7.27. The minimum atomic E-state index is -3.54. The zero-order valence-corrected chi connectivity index (χ0v) is 21.4. The molecular formula is C28H27N3O3S2. The molecule has 1 N–H and O–H groups in total. The van der Waals surface area contributed by atoms with Crippen LogP contribution in [0.5, 0.6) is 0 Å². The molecule has 1 aromatic heterocycles. The van der Waals surface area contributed by atoms with Gasteiger partial charge >= 0.3 is 0 Å². The van der Waals surface area contributed by atoms with Crippen molar-refractivity contribution >= 4 is 32.4 Å². The van der Waals surface area contributed by atoms with Crippen LogP contribution in [0.3, 0.4) is 0 Å². The fraction of sp³-hybridized carbons (Fsp3) is 0.214. The van der Waals surface area contributed by atoms with Gasteiger partial charge in [-0.15, -0.1) is 11.3 Å². The second-order valence-electron chi connectivity index (χ2n) is 8.78. The highest BCUT2D eigenvalue weighted by Gasteiger charge is 2.25. The predicted octanol–water partition coefficient (Wildman–Crippen LogP) is 6.29. The molecule has 8 heteroatoms. The molecule has 0 aliphatic carbocycles. The molecule has 6 nitrogen and oxygen atoms in total. The third-order valence-corrected chi connectivity index (χ3v) is 9.00. The maximum absolute atomic E-state index is 13.0. The molecular weight excluding hydrogens is 490 g/mol. The third-order valence-electron chi connectivity index (χ3n) is 6.33. The standard InChI is InChI=1S/C28H27N3O3S2/c32-27(24-14-16-25(17-15-24)36(33,34)31-18-6-1-2-7-19-31)30-28-29-26(20-35-28)23-12-10-22(11-13-23)21-8-4-3-5-9-21/h3-5,8-17,20H,1-2,6-7,18-19H2,(H,29,30,32). The number of nitrogens with zero attached hydrogens (tertiary/aromatic N) is 2. The van der Waals surface area contributed by atoms with E-state index in [2.05, 4.69) is 34.6 Å². The van der Waals surface area contributed by atoms with E-state index in [0.29, 0.717) is 23.8 Å². The summed E-state index contributed by atoms with van der Waals surface area (Å²) in [6, 6.07) is 24.5. The number of benzene rings is 3. The summed E-state index contributed by atoms with van der Waals surface area (Å²) in [6.45, 7) is 1.10. The molecule has 3 aromatic carbocycles. The number of carbonyl (C=O) groups is 1. The molecule has 0 saturated carbocycles. The van der Waals surface area contributed by atoms with Crippen LogP contribution < -0.4 is 5.32 Å². The molecule has 0 bridgehead atoms. The summed E-state index contributed by atoms with van der Waals surface area (Å²) in [5.41, 5.74) is 4.42. The van der Waals surface area contributed by atoms with Gasteiger partial charge in [0.15, 0.2) is 5.13 Å². The van der Waals surface area contributed by atoms with Gasteiger partial charge in [0.05, 0.1) is 10.6 Å². The molecule has 1 saturated heterocycles. The van der Waals surface area contributed by atoms with Crippen molar-refractivity contribution in [2.75, 3.05) is 18.4 Å². The van der Waals surface area contributed by atoms with E-state index < -0.39 is 10.0 Å². The van der Waals surface area contributed by atoms with Crippen molar-refractivity contribution in [3.63, 3.8) is 0 Å². The van der Waals surface area contributed by atoms with Gasteiger partial charge in [-0.3, -0.25) is 10.1 Å². The van der Waals surface area contributed by atoms with E-state index in [-0.39, 0.29) is 10.8 Å². The Morgan fingerprint density at radius 1 is 0.778 bits per heavy atom. The van der Waals surface area contributed by atoms with E-state index >= 15 is 0 Å². The number of amides is 1. The Bertz CT molecular complexity index is 1420. The Labute approximate surface area is 215 Å². The molecule has 0 radical (unpaired) electrons. The minimum absolute atomic E-state index is 0.219. The molecule has 0 atom stereocenters. The van der Waals surface area contributed by atoms with Crippen LogP contribution >= 0.6 is 11.3 Å². The molecule has 1 aliphatic heterocycles. The van der Waals surface area contributed by atoms with E-state index in [1.807, 2.05) is 35.7 Å². The van der Waals surface area contributed by atoms with Crippen molar-refractivity contribution in [1.29, 1.82) is 0 Å². The average Bonchev–Trinajstić information content (AvgIpc) is 3.20. The molecule has 2 heterocycles. The number of carbonyl (C=O) groups excluding carboxylic acids is 1. The first-order valence-electron chi connectivity index (χ1n) is 12.0. The molecule has 36 heavy (non-hydrogen) atoms. The van der Waals surface area contributed by atoms with Gasteiger partial charge in [-0.1, -0.05) is 67.4 Å². The first-order chi connectivity index (χ1) is 17.5. The summed E-state index contributed by atoms with van der Waals surface area (Å²) < 4.78 is 27.5. The SMILES string of the molecule is O=C(Nc1nc(-c2ccc(-c3ccccc3)cc2)cs1)c1ccc(S(=O)(=O)N2CCCCCC2)cc1. The summed E-state index contributed by atoms with van der Waals surface area (Å²) in [6.07, 6.45) is 3.88. The first-order valence-corrected chi connectivity index (χ1v) is 14.4. The molecule has 5 rings (SSSR count). The molecule has 1 amide bonds. The van der Waals surface area contributed by atoms with Crippen molar-refractivity contribution in [2.45, 2.75) is 30.6 Å². The number of hydrogen-bond donors (Lipinski definition) is 1. The van der Waals surface area contributed by atoms with Gasteiger partial charge in [-0.25, -0.2) is 13.4 Å². The number of hydrogen-bond acceptors (Lipinski definition) is 5. The van der Waals surface area contributed by atoms with Crippen LogP contribution in [0.1, 0.15) is 36.0 Å². The Hall–Kier alpha value is -3.33. The van der Waals surface area contributed by atoms with Gasteiger partial charge < -0.3 is 0 Å². The van der Waals surface area contributed by atoms with Crippen molar-refractivity contribution in [3.8, 4) is 22.4 Å². The number of anilines is 1. The van der Waals surface area contributed by atoms with Crippen LogP contribution in [0.4, 0.5) is 5.13 Å². The summed E-state index contributed by atoms with van der Waals surface area (Å²) in [4.78, 5) is 17.5. The van der Waals surface area contributed by atoms with E-state index in [0.717, 1.165) is 48.1 Å². The lowest BCUT2D eigenvalue weighted by Crippen LogP contribution is -2.31. The van der Waals surface area contributed by atoms with Crippen LogP contribution in [0, 0.1) is 0 Å². The first kappa shape index (κ1) is 24.4. The number of rotatable bonds is 6. The highest BCUT2D eigenvalue weighted by molar-refractivity contribution is 7.89. The number of thiazole rings is 1. The monoisotopic (exact) mass is 517 g/mol. The maximum Gasteiger partial charge on any atom is 0.257 e. The lowest BCUT2D eigenvalue weighted by molar-refractivity contribution is 0.102. The summed E-state index contributed by atoms with van der Waals surface area (Å²) in [7, 11) is -3.54. The average molecular weight is 518 g/mol. The Morgan fingerprint density at radius 3 is 2.06 bits per heavy atom. The zero-order valence-electron chi connectivity index (χ0n) is 19.8. The molecule has 4 aromatic rings. The topological polar surface area (TPSA) is 79.4 Å². The molecule has 1 fully saturated rings. The lowest BCUT2D eigenvalue weighted by Gasteiger charge is -2.20. The molecule has 0 spiro atoms. The number of nitrogens with one attached hydrogen (secondary N) is 1. The van der Waals surface area contributed by atoms with Gasteiger partial charge in [0.25, 0.3) is 5.91 Å². The van der Waals surface area contributed by atoms with E-state index in [1.54, 1.807) is 16.4 Å². The number of aromatic nitrogens is 1. The molecule has 0 unspecified atom stereocenters. The lowest BCUT2D eigenvalue weighted by atomic mass is 10.0. The van der Waals surface area contributed by atoms with Crippen molar-refractivity contribution in [2.24, 2.45) is 0 Å². The van der Waals surface area contributed by atoms with Gasteiger partial charge in [0, 0.05) is 29.6 Å². The largest absolute Gasteiger partial charge is 0.298 e. The van der Waals surface area contributed by atoms with Gasteiger partial charge in [0.2, 0.25) is 10.0 Å². The zero-order chi connectivity index (χ0) is 25.0. The summed E-state index contributed by atoms with van der Waals surface area (Å²) in [5, 5.41) is 5.22. The van der Waals surface area contributed by atoms with Crippen molar-refractivity contribution < 1.29 is 13.2 Å². The van der Waals surface area contributed by atoms with Crippen LogP contribution in [0.2, 0.25) is 0 Å². The van der Waals surface area contributed by atoms with Gasteiger partial charge in [0.1, 0.15) is 0 Å². The predicted molar refractivity (Wildman–Crippen MR) is 145 cm³/mol. The minimum Gasteiger partial charge on any atom is -0.298 e. The Balaban J connectivity index is 1.25. The second-order valence-corrected chi connectivity index (χ2v) is 11.6. The number of sulfonamides is 1. The van der Waals surface area contributed by atoms with Crippen LogP contribution in [0.15, 0.2) is 89.1 Å². The second kappa shape index (κ2) is 10.7. The van der Waals surface area contributed by atoms with Crippen molar-refractivity contribution in [1.82, 2.24) is 9.29 Å². The fourth-order valence-electron chi connectivity index (χ4n) is 4.31. The fourth-order valence-corrected chi connectivity index (χ4v) is 6.54. The highest BCUT2D eigenvalue weighted by Crippen LogP contribution is 2.28. The summed E-state index contributed by atoms with van der Waals surface area (Å²) in [5.74, 6) is -0.325. The van der Waals surface area contributed by atoms with E-state index in [1.165, 1.54) is 23.5 Å². The molecule has 1 aliphatic rings. The van der Waals surface area contributed by atoms with Crippen LogP contribution in [-0.4, -0.2) is 36.7 Å². The van der Waals surface area contributed by atoms with E-state index in [4.69, 9.17) is 0 Å². The van der Waals surface area contributed by atoms with Gasteiger partial charge in [-0.05, 0) is 48.2 Å². The van der Waals surface area contributed by atoms with Gasteiger partial charge in [-0.2, -0.15) is 4.31 Å². The van der Waals surface area contributed by atoms with Crippen LogP contribution in [-0.2, 0) is 10.0 Å². The molecule has 184 valence electrons. The van der Waals surface area contributed by atoms with Crippen LogP contribution in [0.25, 0.3) is 22.4 Å².